The van der Waals surface area contributed by atoms with Gasteiger partial charge < -0.3 is 14.4 Å². The number of nitrogens with zero attached hydrogens (tertiary/aromatic N) is 1. The second-order valence-corrected chi connectivity index (χ2v) is 6.87. The highest BCUT2D eigenvalue weighted by molar-refractivity contribution is 5.64. The van der Waals surface area contributed by atoms with E-state index in [1.165, 1.54) is 39.1 Å². The van der Waals surface area contributed by atoms with Gasteiger partial charge in [0.15, 0.2) is 0 Å². The summed E-state index contributed by atoms with van der Waals surface area (Å²) in [4.78, 5) is 2.45. The molecule has 0 saturated carbocycles. The molecule has 2 aliphatic rings. The van der Waals surface area contributed by atoms with Crippen molar-refractivity contribution >= 4 is 5.69 Å². The number of hydrogen-bond donors (Lipinski definition) is 0. The summed E-state index contributed by atoms with van der Waals surface area (Å²) in [5, 5.41) is 0. The van der Waals surface area contributed by atoms with Crippen LogP contribution in [-0.2, 0) is 30.9 Å². The van der Waals surface area contributed by atoms with Crippen molar-refractivity contribution in [2.45, 2.75) is 46.4 Å². The number of anilines is 1. The van der Waals surface area contributed by atoms with Crippen LogP contribution in [-0.4, -0.2) is 13.7 Å². The van der Waals surface area contributed by atoms with Crippen LogP contribution < -0.4 is 9.64 Å². The summed E-state index contributed by atoms with van der Waals surface area (Å²) in [6, 6.07) is 8.44. The molecule has 3 heteroatoms. The normalized spacial score (nSPS) is 15.9. The number of hydrogen-bond acceptors (Lipinski definition) is 3. The van der Waals surface area contributed by atoms with E-state index in [0.717, 1.165) is 38.3 Å². The van der Waals surface area contributed by atoms with Crippen molar-refractivity contribution in [3.8, 4) is 5.75 Å². The average molecular weight is 323 g/mol. The van der Waals surface area contributed by atoms with E-state index < -0.39 is 0 Å². The number of methoxy groups -OCH3 is 1. The molecule has 2 aliphatic heterocycles. The Morgan fingerprint density at radius 2 is 1.79 bits per heavy atom. The zero-order valence-corrected chi connectivity index (χ0v) is 14.8. The molecular formula is C21H25NO2. The fourth-order valence-electron chi connectivity index (χ4n) is 4.26. The van der Waals surface area contributed by atoms with Crippen molar-refractivity contribution in [2.24, 2.45) is 0 Å². The molecule has 3 bridgehead atoms. The fourth-order valence-corrected chi connectivity index (χ4v) is 4.26. The summed E-state index contributed by atoms with van der Waals surface area (Å²) in [5.74, 6) is 1.01. The molecule has 126 valence electrons. The van der Waals surface area contributed by atoms with Crippen molar-refractivity contribution < 1.29 is 9.47 Å². The van der Waals surface area contributed by atoms with Gasteiger partial charge in [-0.1, -0.05) is 12.1 Å². The molecule has 2 aromatic rings. The van der Waals surface area contributed by atoms with Crippen LogP contribution in [0.1, 0.15) is 39.8 Å². The molecule has 0 aromatic heterocycles. The van der Waals surface area contributed by atoms with Crippen molar-refractivity contribution in [1.82, 2.24) is 0 Å². The zero-order valence-electron chi connectivity index (χ0n) is 14.8. The molecular weight excluding hydrogens is 298 g/mol. The number of para-hydroxylation sites is 2. The lowest BCUT2D eigenvalue weighted by atomic mass is 9.87. The third kappa shape index (κ3) is 2.39. The van der Waals surface area contributed by atoms with Gasteiger partial charge in [0, 0.05) is 20.2 Å². The summed E-state index contributed by atoms with van der Waals surface area (Å²) in [6.45, 7) is 7.95. The lowest BCUT2D eigenvalue weighted by Gasteiger charge is -2.22. The van der Waals surface area contributed by atoms with Gasteiger partial charge in [0.25, 0.3) is 0 Å². The first-order chi connectivity index (χ1) is 11.7. The molecule has 0 spiro atoms. The Kier molecular flexibility index (Phi) is 3.97. The minimum Gasteiger partial charge on any atom is -0.491 e. The molecule has 3 nitrogen and oxygen atoms in total. The van der Waals surface area contributed by atoms with Gasteiger partial charge in [-0.25, -0.2) is 0 Å². The average Bonchev–Trinajstić information content (AvgIpc) is 3.03. The van der Waals surface area contributed by atoms with E-state index in [-0.39, 0.29) is 0 Å². The van der Waals surface area contributed by atoms with E-state index in [2.05, 4.69) is 43.0 Å². The molecule has 4 rings (SSSR count). The topological polar surface area (TPSA) is 21.7 Å². The quantitative estimate of drug-likeness (QED) is 0.823. The van der Waals surface area contributed by atoms with E-state index >= 15 is 0 Å². The Morgan fingerprint density at radius 3 is 2.58 bits per heavy atom. The first-order valence-corrected chi connectivity index (χ1v) is 8.79. The van der Waals surface area contributed by atoms with Gasteiger partial charge in [-0.05, 0) is 72.2 Å². The Bertz CT molecular complexity index is 782. The summed E-state index contributed by atoms with van der Waals surface area (Å²) in [6.07, 6.45) is 2.09. The molecule has 24 heavy (non-hydrogen) atoms. The Morgan fingerprint density at radius 1 is 1.04 bits per heavy atom. The van der Waals surface area contributed by atoms with Gasteiger partial charge in [-0.3, -0.25) is 0 Å². The predicted molar refractivity (Wildman–Crippen MR) is 96.8 cm³/mol. The van der Waals surface area contributed by atoms with Crippen LogP contribution in [0.3, 0.4) is 0 Å². The van der Waals surface area contributed by atoms with E-state index in [4.69, 9.17) is 9.47 Å². The highest BCUT2D eigenvalue weighted by Crippen LogP contribution is 2.40. The summed E-state index contributed by atoms with van der Waals surface area (Å²) >= 11 is 0. The second kappa shape index (κ2) is 6.14. The lowest BCUT2D eigenvalue weighted by molar-refractivity contribution is 0.183. The minimum absolute atomic E-state index is 0.701. The van der Waals surface area contributed by atoms with Gasteiger partial charge in [-0.15, -0.1) is 0 Å². The number of benzene rings is 2. The third-order valence-electron chi connectivity index (χ3n) is 5.56. The van der Waals surface area contributed by atoms with E-state index in [1.54, 1.807) is 7.11 Å². The van der Waals surface area contributed by atoms with Crippen molar-refractivity contribution in [3.63, 3.8) is 0 Å². The number of rotatable bonds is 2. The van der Waals surface area contributed by atoms with Crippen molar-refractivity contribution in [2.75, 3.05) is 18.6 Å². The SMILES string of the molecule is COCc1c(C)c2c3c(C)c1CCCOc1ccccc1N(C3)C2. The van der Waals surface area contributed by atoms with Crippen LogP contribution in [0.5, 0.6) is 5.75 Å². The molecule has 0 saturated heterocycles. The highest BCUT2D eigenvalue weighted by Gasteiger charge is 2.28. The van der Waals surface area contributed by atoms with Crippen LogP contribution in [0.2, 0.25) is 0 Å². The molecule has 0 aliphatic carbocycles. The summed E-state index contributed by atoms with van der Waals surface area (Å²) < 4.78 is 11.6. The van der Waals surface area contributed by atoms with Gasteiger partial charge in [0.05, 0.1) is 18.9 Å². The molecule has 2 heterocycles. The Balaban J connectivity index is 1.88. The fraction of sp³-hybridized carbons (Fsp3) is 0.429. The highest BCUT2D eigenvalue weighted by atomic mass is 16.5. The first kappa shape index (κ1) is 15.5. The summed E-state index contributed by atoms with van der Waals surface area (Å²) in [5.41, 5.74) is 9.97. The van der Waals surface area contributed by atoms with Crippen molar-refractivity contribution in [1.29, 1.82) is 0 Å². The smallest absolute Gasteiger partial charge is 0.142 e. The Labute approximate surface area is 144 Å². The maximum absolute atomic E-state index is 6.11. The van der Waals surface area contributed by atoms with E-state index in [1.807, 2.05) is 0 Å². The maximum atomic E-state index is 6.11. The molecule has 0 fully saturated rings. The maximum Gasteiger partial charge on any atom is 0.142 e. The Hall–Kier alpha value is -2.00. The molecule has 2 aromatic carbocycles. The lowest BCUT2D eigenvalue weighted by Crippen LogP contribution is -2.16. The first-order valence-electron chi connectivity index (χ1n) is 8.79. The van der Waals surface area contributed by atoms with Crippen molar-refractivity contribution in [3.05, 3.63) is 57.6 Å². The van der Waals surface area contributed by atoms with E-state index in [0.29, 0.717) is 6.61 Å². The van der Waals surface area contributed by atoms with Gasteiger partial charge in [-0.2, -0.15) is 0 Å². The monoisotopic (exact) mass is 323 g/mol. The third-order valence-corrected chi connectivity index (χ3v) is 5.56. The van der Waals surface area contributed by atoms with Crippen LogP contribution in [0.4, 0.5) is 5.69 Å². The zero-order chi connectivity index (χ0) is 16.7. The predicted octanol–water partition coefficient (Wildman–Crippen LogP) is 4.30. The molecule has 0 atom stereocenters. The largest absolute Gasteiger partial charge is 0.491 e. The van der Waals surface area contributed by atoms with Crippen LogP contribution in [0.15, 0.2) is 24.3 Å². The van der Waals surface area contributed by atoms with E-state index in [9.17, 15) is 0 Å². The molecule has 0 N–H and O–H groups in total. The standard InChI is InChI=1S/C21H25NO2/c1-14-16-7-6-10-24-21-9-5-4-8-20(21)22-11-17(14)18(12-22)15(2)19(16)13-23-3/h4-5,8-9H,6-7,10-13H2,1-3H3. The number of ether oxygens (including phenoxy) is 2. The second-order valence-electron chi connectivity index (χ2n) is 6.87. The van der Waals surface area contributed by atoms with Crippen LogP contribution in [0.25, 0.3) is 0 Å². The minimum atomic E-state index is 0.701. The summed E-state index contributed by atoms with van der Waals surface area (Å²) in [7, 11) is 1.79. The van der Waals surface area contributed by atoms with Gasteiger partial charge >= 0.3 is 0 Å². The molecule has 0 amide bonds. The molecule has 0 radical (unpaired) electrons. The van der Waals surface area contributed by atoms with Crippen LogP contribution in [0, 0.1) is 13.8 Å². The van der Waals surface area contributed by atoms with Gasteiger partial charge in [0.2, 0.25) is 0 Å². The van der Waals surface area contributed by atoms with Gasteiger partial charge in [0.1, 0.15) is 5.75 Å². The number of fused-ring (bicyclic) bond motifs is 4. The molecule has 0 unspecified atom stereocenters. The van der Waals surface area contributed by atoms with Crippen LogP contribution >= 0.6 is 0 Å².